The maximum atomic E-state index is 12.3. The number of anilines is 2. The molecule has 0 aliphatic rings. The molecular weight excluding hydrogens is 292 g/mol. The third-order valence-electron chi connectivity index (χ3n) is 3.39. The van der Waals surface area contributed by atoms with E-state index in [-0.39, 0.29) is 11.8 Å². The monoisotopic (exact) mass is 312 g/mol. The molecule has 0 bridgehead atoms. The Morgan fingerprint density at radius 1 is 1.00 bits per heavy atom. The Labute approximate surface area is 135 Å². The van der Waals surface area contributed by atoms with Crippen LogP contribution in [0.2, 0.25) is 0 Å². The SMILES string of the molecule is CCc1cc(NC(=O)c2ccc(NC(C)=O)cc2)ccc1OC. The van der Waals surface area contributed by atoms with Crippen LogP contribution in [0.5, 0.6) is 5.75 Å². The minimum Gasteiger partial charge on any atom is -0.496 e. The van der Waals surface area contributed by atoms with Crippen LogP contribution >= 0.6 is 0 Å². The number of carbonyl (C=O) groups excluding carboxylic acids is 2. The summed E-state index contributed by atoms with van der Waals surface area (Å²) in [5.74, 6) is 0.462. The fourth-order valence-corrected chi connectivity index (χ4v) is 2.24. The van der Waals surface area contributed by atoms with E-state index in [1.54, 1.807) is 31.4 Å². The first-order valence-electron chi connectivity index (χ1n) is 7.39. The van der Waals surface area contributed by atoms with Crippen molar-refractivity contribution in [3.05, 3.63) is 53.6 Å². The number of hydrogen-bond acceptors (Lipinski definition) is 3. The molecule has 5 heteroatoms. The number of aryl methyl sites for hydroxylation is 1. The molecule has 0 saturated heterocycles. The lowest BCUT2D eigenvalue weighted by molar-refractivity contribution is -0.114. The number of methoxy groups -OCH3 is 1. The number of hydrogen-bond donors (Lipinski definition) is 2. The molecule has 0 aliphatic heterocycles. The molecule has 2 aromatic rings. The third kappa shape index (κ3) is 4.32. The van der Waals surface area contributed by atoms with E-state index in [0.29, 0.717) is 11.3 Å². The van der Waals surface area contributed by atoms with Crippen LogP contribution in [0.25, 0.3) is 0 Å². The molecule has 2 N–H and O–H groups in total. The lowest BCUT2D eigenvalue weighted by atomic mass is 10.1. The van der Waals surface area contributed by atoms with Gasteiger partial charge in [-0.3, -0.25) is 9.59 Å². The molecular formula is C18H20N2O3. The molecule has 0 aliphatic carbocycles. The summed E-state index contributed by atoms with van der Waals surface area (Å²) in [5, 5.41) is 5.53. The van der Waals surface area contributed by atoms with Gasteiger partial charge in [0.2, 0.25) is 5.91 Å². The topological polar surface area (TPSA) is 67.4 Å². The molecule has 2 rings (SSSR count). The molecule has 0 saturated carbocycles. The maximum Gasteiger partial charge on any atom is 0.255 e. The van der Waals surface area contributed by atoms with E-state index in [0.717, 1.165) is 23.4 Å². The molecule has 0 heterocycles. The minimum absolute atomic E-state index is 0.146. The van der Waals surface area contributed by atoms with Gasteiger partial charge in [-0.15, -0.1) is 0 Å². The average molecular weight is 312 g/mol. The number of ether oxygens (including phenoxy) is 1. The molecule has 2 aromatic carbocycles. The van der Waals surface area contributed by atoms with Gasteiger partial charge in [-0.1, -0.05) is 6.92 Å². The number of carbonyl (C=O) groups is 2. The lowest BCUT2D eigenvalue weighted by Gasteiger charge is -2.11. The molecule has 120 valence electrons. The molecule has 0 spiro atoms. The van der Waals surface area contributed by atoms with E-state index < -0.39 is 0 Å². The zero-order valence-corrected chi connectivity index (χ0v) is 13.5. The first-order chi connectivity index (χ1) is 11.0. The zero-order chi connectivity index (χ0) is 16.8. The highest BCUT2D eigenvalue weighted by molar-refractivity contribution is 6.04. The molecule has 0 aromatic heterocycles. The van der Waals surface area contributed by atoms with Gasteiger partial charge in [0.1, 0.15) is 5.75 Å². The molecule has 0 radical (unpaired) electrons. The molecule has 0 fully saturated rings. The summed E-state index contributed by atoms with van der Waals surface area (Å²) in [7, 11) is 1.63. The van der Waals surface area contributed by atoms with Gasteiger partial charge < -0.3 is 15.4 Å². The highest BCUT2D eigenvalue weighted by atomic mass is 16.5. The van der Waals surface area contributed by atoms with Crippen molar-refractivity contribution in [1.82, 2.24) is 0 Å². The lowest BCUT2D eigenvalue weighted by Crippen LogP contribution is -2.12. The van der Waals surface area contributed by atoms with E-state index in [4.69, 9.17) is 4.74 Å². The summed E-state index contributed by atoms with van der Waals surface area (Å²) < 4.78 is 5.28. The minimum atomic E-state index is -0.202. The predicted molar refractivity (Wildman–Crippen MR) is 91.1 cm³/mol. The van der Waals surface area contributed by atoms with Crippen molar-refractivity contribution in [1.29, 1.82) is 0 Å². The highest BCUT2D eigenvalue weighted by Gasteiger charge is 2.08. The second-order valence-electron chi connectivity index (χ2n) is 5.09. The van der Waals surface area contributed by atoms with Crippen LogP contribution in [-0.2, 0) is 11.2 Å². The van der Waals surface area contributed by atoms with Crippen LogP contribution in [0.4, 0.5) is 11.4 Å². The van der Waals surface area contributed by atoms with Crippen molar-refractivity contribution >= 4 is 23.2 Å². The number of nitrogens with one attached hydrogen (secondary N) is 2. The number of benzene rings is 2. The van der Waals surface area contributed by atoms with Crippen molar-refractivity contribution < 1.29 is 14.3 Å². The number of amides is 2. The van der Waals surface area contributed by atoms with E-state index in [1.807, 2.05) is 25.1 Å². The summed E-state index contributed by atoms with van der Waals surface area (Å²) in [4.78, 5) is 23.3. The Bertz CT molecular complexity index is 709. The largest absolute Gasteiger partial charge is 0.496 e. The summed E-state index contributed by atoms with van der Waals surface area (Å²) in [6, 6.07) is 12.3. The molecule has 0 unspecified atom stereocenters. The standard InChI is InChI=1S/C18H20N2O3/c1-4-13-11-16(9-10-17(13)23-3)20-18(22)14-5-7-15(8-6-14)19-12(2)21/h5-11H,4H2,1-3H3,(H,19,21)(H,20,22). The zero-order valence-electron chi connectivity index (χ0n) is 13.5. The van der Waals surface area contributed by atoms with Gasteiger partial charge >= 0.3 is 0 Å². The van der Waals surface area contributed by atoms with Crippen LogP contribution in [0.15, 0.2) is 42.5 Å². The van der Waals surface area contributed by atoms with Gasteiger partial charge in [0.25, 0.3) is 5.91 Å². The Morgan fingerprint density at radius 3 is 2.22 bits per heavy atom. The van der Waals surface area contributed by atoms with Crippen LogP contribution in [0.3, 0.4) is 0 Å². The van der Waals surface area contributed by atoms with Crippen LogP contribution in [0.1, 0.15) is 29.8 Å². The van der Waals surface area contributed by atoms with E-state index >= 15 is 0 Å². The Morgan fingerprint density at radius 2 is 1.65 bits per heavy atom. The molecule has 2 amide bonds. The quantitative estimate of drug-likeness (QED) is 0.888. The molecule has 23 heavy (non-hydrogen) atoms. The van der Waals surface area contributed by atoms with Crippen molar-refractivity contribution in [3.8, 4) is 5.75 Å². The van der Waals surface area contributed by atoms with Gasteiger partial charge in [0.05, 0.1) is 7.11 Å². The fraction of sp³-hybridized carbons (Fsp3) is 0.222. The Kier molecular flexibility index (Phi) is 5.36. The maximum absolute atomic E-state index is 12.3. The third-order valence-corrected chi connectivity index (χ3v) is 3.39. The first-order valence-corrected chi connectivity index (χ1v) is 7.39. The van der Waals surface area contributed by atoms with Gasteiger partial charge in [0.15, 0.2) is 0 Å². The van der Waals surface area contributed by atoms with Gasteiger partial charge in [-0.2, -0.15) is 0 Å². The van der Waals surface area contributed by atoms with Crippen LogP contribution in [0, 0.1) is 0 Å². The van der Waals surface area contributed by atoms with Gasteiger partial charge in [-0.05, 0) is 54.4 Å². The highest BCUT2D eigenvalue weighted by Crippen LogP contribution is 2.23. The predicted octanol–water partition coefficient (Wildman–Crippen LogP) is 3.47. The van der Waals surface area contributed by atoms with Crippen molar-refractivity contribution in [3.63, 3.8) is 0 Å². The fourth-order valence-electron chi connectivity index (χ4n) is 2.24. The van der Waals surface area contributed by atoms with E-state index in [9.17, 15) is 9.59 Å². The van der Waals surface area contributed by atoms with Crippen molar-refractivity contribution in [2.45, 2.75) is 20.3 Å². The van der Waals surface area contributed by atoms with Crippen LogP contribution < -0.4 is 15.4 Å². The Balaban J connectivity index is 2.11. The first kappa shape index (κ1) is 16.5. The van der Waals surface area contributed by atoms with E-state index in [2.05, 4.69) is 10.6 Å². The van der Waals surface area contributed by atoms with Crippen LogP contribution in [-0.4, -0.2) is 18.9 Å². The Hall–Kier alpha value is -2.82. The molecule has 5 nitrogen and oxygen atoms in total. The summed E-state index contributed by atoms with van der Waals surface area (Å²) in [6.07, 6.45) is 0.818. The summed E-state index contributed by atoms with van der Waals surface area (Å²) in [5.41, 5.74) is 2.93. The second-order valence-corrected chi connectivity index (χ2v) is 5.09. The van der Waals surface area contributed by atoms with E-state index in [1.165, 1.54) is 6.92 Å². The van der Waals surface area contributed by atoms with Crippen molar-refractivity contribution in [2.75, 3.05) is 17.7 Å². The average Bonchev–Trinajstić information content (AvgIpc) is 2.54. The molecule has 0 atom stereocenters. The van der Waals surface area contributed by atoms with Crippen molar-refractivity contribution in [2.24, 2.45) is 0 Å². The normalized spacial score (nSPS) is 10.0. The van der Waals surface area contributed by atoms with Gasteiger partial charge in [0, 0.05) is 23.9 Å². The summed E-state index contributed by atoms with van der Waals surface area (Å²) in [6.45, 7) is 3.47. The second kappa shape index (κ2) is 7.45. The smallest absolute Gasteiger partial charge is 0.255 e. The number of rotatable bonds is 5. The summed E-state index contributed by atoms with van der Waals surface area (Å²) >= 11 is 0. The van der Waals surface area contributed by atoms with Gasteiger partial charge in [-0.25, -0.2) is 0 Å².